The van der Waals surface area contributed by atoms with Crippen molar-refractivity contribution in [2.75, 3.05) is 0 Å². The standard InChI is InChI=1S/C13H27.Na/c1-4-6-8-10-12-13(3)11-9-7-5-2;/h13H,2,4-12H2,1,3H3;/q-1;+1. The van der Waals surface area contributed by atoms with Crippen molar-refractivity contribution in [2.45, 2.75) is 71.6 Å². The molecule has 1 unspecified atom stereocenters. The second kappa shape index (κ2) is 14.0. The minimum atomic E-state index is 0. The van der Waals surface area contributed by atoms with Crippen molar-refractivity contribution in [2.24, 2.45) is 5.92 Å². The molecule has 0 rings (SSSR count). The van der Waals surface area contributed by atoms with Gasteiger partial charge in [-0.05, 0) is 5.92 Å². The van der Waals surface area contributed by atoms with E-state index < -0.39 is 0 Å². The third-order valence-electron chi connectivity index (χ3n) is 2.75. The summed E-state index contributed by atoms with van der Waals surface area (Å²) in [5.74, 6) is 0.948. The molecule has 0 spiro atoms. The van der Waals surface area contributed by atoms with E-state index in [0.717, 1.165) is 12.3 Å². The van der Waals surface area contributed by atoms with Crippen LogP contribution in [0.2, 0.25) is 0 Å². The predicted octanol–water partition coefficient (Wildman–Crippen LogP) is 1.99. The van der Waals surface area contributed by atoms with Crippen LogP contribution in [0.1, 0.15) is 71.6 Å². The molecule has 14 heavy (non-hydrogen) atoms. The first-order valence-electron chi connectivity index (χ1n) is 6.10. The quantitative estimate of drug-likeness (QED) is 0.307. The summed E-state index contributed by atoms with van der Waals surface area (Å²) in [5.41, 5.74) is 0. The number of rotatable bonds is 9. The van der Waals surface area contributed by atoms with E-state index in [2.05, 4.69) is 20.8 Å². The van der Waals surface area contributed by atoms with Gasteiger partial charge in [0.25, 0.3) is 0 Å². The monoisotopic (exact) mass is 206 g/mol. The van der Waals surface area contributed by atoms with E-state index in [0.29, 0.717) is 0 Å². The van der Waals surface area contributed by atoms with Gasteiger partial charge in [0.15, 0.2) is 0 Å². The summed E-state index contributed by atoms with van der Waals surface area (Å²) in [5, 5.41) is 0. The van der Waals surface area contributed by atoms with Crippen molar-refractivity contribution in [1.29, 1.82) is 0 Å². The Morgan fingerprint density at radius 2 is 1.50 bits per heavy atom. The average Bonchev–Trinajstić information content (AvgIpc) is 2.13. The second-order valence-corrected chi connectivity index (χ2v) is 4.30. The Bertz CT molecular complexity index is 91.2. The van der Waals surface area contributed by atoms with Gasteiger partial charge < -0.3 is 6.92 Å². The minimum Gasteiger partial charge on any atom is -0.343 e. The Balaban J connectivity index is 0. The van der Waals surface area contributed by atoms with Gasteiger partial charge in [0, 0.05) is 0 Å². The van der Waals surface area contributed by atoms with Gasteiger partial charge in [-0.3, -0.25) is 0 Å². The van der Waals surface area contributed by atoms with Crippen molar-refractivity contribution < 1.29 is 29.6 Å². The molecule has 0 amide bonds. The zero-order valence-electron chi connectivity index (χ0n) is 10.6. The SMILES string of the molecule is [CH2-]CCCCC(C)CCCCCC.[Na+]. The van der Waals surface area contributed by atoms with E-state index >= 15 is 0 Å². The fraction of sp³-hybridized carbons (Fsp3) is 0.923. The van der Waals surface area contributed by atoms with Gasteiger partial charge in [-0.1, -0.05) is 65.2 Å². The van der Waals surface area contributed by atoms with Crippen molar-refractivity contribution in [3.63, 3.8) is 0 Å². The summed E-state index contributed by atoms with van der Waals surface area (Å²) in [7, 11) is 0. The van der Waals surface area contributed by atoms with E-state index in [1.165, 1.54) is 51.4 Å². The van der Waals surface area contributed by atoms with E-state index in [9.17, 15) is 0 Å². The molecule has 0 aliphatic rings. The van der Waals surface area contributed by atoms with Crippen LogP contribution in [0.4, 0.5) is 0 Å². The van der Waals surface area contributed by atoms with Crippen LogP contribution >= 0.6 is 0 Å². The minimum absolute atomic E-state index is 0. The molecule has 0 N–H and O–H groups in total. The maximum atomic E-state index is 3.87. The molecule has 1 heteroatoms. The maximum absolute atomic E-state index is 3.87. The Labute approximate surface area is 114 Å². The Kier molecular flexibility index (Phi) is 17.4. The Morgan fingerprint density at radius 3 is 2.00 bits per heavy atom. The van der Waals surface area contributed by atoms with Gasteiger partial charge in [-0.15, -0.1) is 0 Å². The average molecular weight is 206 g/mol. The molecule has 0 aromatic carbocycles. The number of hydrogen-bond acceptors (Lipinski definition) is 0. The smallest absolute Gasteiger partial charge is 0.343 e. The predicted molar refractivity (Wildman–Crippen MR) is 61.7 cm³/mol. The first-order valence-corrected chi connectivity index (χ1v) is 6.10. The van der Waals surface area contributed by atoms with Crippen molar-refractivity contribution >= 4 is 0 Å². The molecule has 1 atom stereocenters. The van der Waals surface area contributed by atoms with Crippen LogP contribution in [0.25, 0.3) is 0 Å². The van der Waals surface area contributed by atoms with Crippen LogP contribution in [-0.4, -0.2) is 0 Å². The van der Waals surface area contributed by atoms with Crippen LogP contribution in [0.5, 0.6) is 0 Å². The van der Waals surface area contributed by atoms with Gasteiger partial charge in [0.05, 0.1) is 0 Å². The number of hydrogen-bond donors (Lipinski definition) is 0. The summed E-state index contributed by atoms with van der Waals surface area (Å²) in [6.45, 7) is 8.54. The summed E-state index contributed by atoms with van der Waals surface area (Å²) in [4.78, 5) is 0. The third-order valence-corrected chi connectivity index (χ3v) is 2.75. The molecule has 0 aliphatic heterocycles. The Morgan fingerprint density at radius 1 is 0.929 bits per heavy atom. The first kappa shape index (κ1) is 17.4. The topological polar surface area (TPSA) is 0 Å². The molecule has 0 aromatic rings. The molecule has 0 bridgehead atoms. The van der Waals surface area contributed by atoms with Crippen molar-refractivity contribution in [3.05, 3.63) is 6.92 Å². The molecule has 0 saturated heterocycles. The molecular weight excluding hydrogens is 179 g/mol. The van der Waals surface area contributed by atoms with Gasteiger partial charge in [-0.2, -0.15) is 6.42 Å². The number of unbranched alkanes of at least 4 members (excludes halogenated alkanes) is 5. The maximum Gasteiger partial charge on any atom is 1.00 e. The zero-order chi connectivity index (χ0) is 9.94. The molecule has 0 nitrogen and oxygen atoms in total. The molecule has 0 aromatic heterocycles. The van der Waals surface area contributed by atoms with Crippen LogP contribution in [-0.2, 0) is 0 Å². The fourth-order valence-corrected chi connectivity index (χ4v) is 1.73. The third kappa shape index (κ3) is 13.0. The molecular formula is C13H27Na. The van der Waals surface area contributed by atoms with E-state index in [4.69, 9.17) is 0 Å². The zero-order valence-corrected chi connectivity index (χ0v) is 12.6. The van der Waals surface area contributed by atoms with Crippen LogP contribution < -0.4 is 29.6 Å². The van der Waals surface area contributed by atoms with Crippen LogP contribution in [0.15, 0.2) is 0 Å². The Hall–Kier alpha value is 1.00. The van der Waals surface area contributed by atoms with Crippen molar-refractivity contribution in [3.8, 4) is 0 Å². The van der Waals surface area contributed by atoms with Gasteiger partial charge in [0.1, 0.15) is 0 Å². The van der Waals surface area contributed by atoms with Crippen LogP contribution in [0.3, 0.4) is 0 Å². The summed E-state index contributed by atoms with van der Waals surface area (Å²) in [6, 6.07) is 0. The largest absolute Gasteiger partial charge is 1.00 e. The van der Waals surface area contributed by atoms with Crippen LogP contribution in [0, 0.1) is 12.8 Å². The second-order valence-electron chi connectivity index (χ2n) is 4.30. The first-order chi connectivity index (χ1) is 6.31. The molecule has 0 aliphatic carbocycles. The van der Waals surface area contributed by atoms with E-state index in [1.807, 2.05) is 0 Å². The molecule has 0 heterocycles. The molecule has 0 saturated carbocycles. The van der Waals surface area contributed by atoms with E-state index in [-0.39, 0.29) is 29.6 Å². The van der Waals surface area contributed by atoms with Gasteiger partial charge in [-0.25, -0.2) is 0 Å². The normalized spacial score (nSPS) is 12.2. The summed E-state index contributed by atoms with van der Waals surface area (Å²) < 4.78 is 0. The summed E-state index contributed by atoms with van der Waals surface area (Å²) >= 11 is 0. The van der Waals surface area contributed by atoms with Crippen molar-refractivity contribution in [1.82, 2.24) is 0 Å². The molecule has 0 fully saturated rings. The molecule has 80 valence electrons. The van der Waals surface area contributed by atoms with Gasteiger partial charge >= 0.3 is 29.6 Å². The fourth-order valence-electron chi connectivity index (χ4n) is 1.73. The van der Waals surface area contributed by atoms with E-state index in [1.54, 1.807) is 0 Å². The summed E-state index contributed by atoms with van der Waals surface area (Å²) in [6.07, 6.45) is 12.3. The molecule has 0 radical (unpaired) electrons. The van der Waals surface area contributed by atoms with Gasteiger partial charge in [0.2, 0.25) is 0 Å².